The third-order valence-corrected chi connectivity index (χ3v) is 2.02. The number of nitrogens with two attached hydrogens (primary N) is 1. The molecule has 1 aromatic rings. The van der Waals surface area contributed by atoms with Crippen LogP contribution in [0, 0.1) is 0 Å². The Morgan fingerprint density at radius 2 is 2.00 bits per heavy atom. The van der Waals surface area contributed by atoms with Crippen LogP contribution in [0.4, 0.5) is 0 Å². The Kier molecular flexibility index (Phi) is 3.71. The molecule has 1 rings (SSSR count). The lowest BCUT2D eigenvalue weighted by atomic mass is 9.99. The van der Waals surface area contributed by atoms with Crippen LogP contribution < -0.4 is 5.73 Å². The molecule has 0 saturated carbocycles. The second-order valence-corrected chi connectivity index (χ2v) is 3.44. The molecule has 0 fully saturated rings. The maximum Gasteiger partial charge on any atom is 0.00510 e. The van der Waals surface area contributed by atoms with Gasteiger partial charge in [0.1, 0.15) is 0 Å². The Hall–Kier alpha value is -1.08. The van der Waals surface area contributed by atoms with E-state index in [0.717, 1.165) is 12.8 Å². The highest BCUT2D eigenvalue weighted by molar-refractivity contribution is 5.29. The summed E-state index contributed by atoms with van der Waals surface area (Å²) in [6.45, 7) is 5.78. The van der Waals surface area contributed by atoms with Gasteiger partial charge in [-0.3, -0.25) is 0 Å². The van der Waals surface area contributed by atoms with Gasteiger partial charge < -0.3 is 5.73 Å². The first kappa shape index (κ1) is 10.0. The van der Waals surface area contributed by atoms with Crippen molar-refractivity contribution in [2.75, 3.05) is 0 Å². The summed E-state index contributed by atoms with van der Waals surface area (Å²) in [6, 6.07) is 8.63. The van der Waals surface area contributed by atoms with E-state index in [2.05, 4.69) is 30.8 Å². The molecular formula is C12H17N. The van der Waals surface area contributed by atoms with Crippen molar-refractivity contribution in [3.05, 3.63) is 48.0 Å². The van der Waals surface area contributed by atoms with Crippen molar-refractivity contribution < 1.29 is 0 Å². The number of hydrogen-bond acceptors (Lipinski definition) is 1. The molecule has 0 aliphatic carbocycles. The Morgan fingerprint density at radius 3 is 2.54 bits per heavy atom. The zero-order chi connectivity index (χ0) is 9.68. The number of benzene rings is 1. The quantitative estimate of drug-likeness (QED) is 0.698. The van der Waals surface area contributed by atoms with E-state index in [9.17, 15) is 0 Å². The summed E-state index contributed by atoms with van der Waals surface area (Å²) in [5, 5.41) is 0. The molecule has 70 valence electrons. The monoisotopic (exact) mass is 175 g/mol. The number of hydrogen-bond donors (Lipinski definition) is 1. The predicted molar refractivity (Wildman–Crippen MR) is 57.7 cm³/mol. The molecule has 0 aromatic heterocycles. The summed E-state index contributed by atoms with van der Waals surface area (Å²) < 4.78 is 0. The van der Waals surface area contributed by atoms with Crippen molar-refractivity contribution in [1.29, 1.82) is 0 Å². The van der Waals surface area contributed by atoms with E-state index in [-0.39, 0.29) is 6.04 Å². The van der Waals surface area contributed by atoms with E-state index in [1.54, 1.807) is 0 Å². The van der Waals surface area contributed by atoms with Crippen molar-refractivity contribution in [2.45, 2.75) is 25.8 Å². The Morgan fingerprint density at radius 1 is 1.38 bits per heavy atom. The van der Waals surface area contributed by atoms with E-state index in [4.69, 9.17) is 5.73 Å². The van der Waals surface area contributed by atoms with Gasteiger partial charge in [-0.1, -0.05) is 30.3 Å². The summed E-state index contributed by atoms with van der Waals surface area (Å²) in [5.74, 6) is 0. The van der Waals surface area contributed by atoms with Crippen molar-refractivity contribution in [1.82, 2.24) is 0 Å². The molecule has 13 heavy (non-hydrogen) atoms. The molecular weight excluding hydrogens is 158 g/mol. The third kappa shape index (κ3) is 3.03. The Labute approximate surface area is 80.3 Å². The largest absolute Gasteiger partial charge is 0.328 e. The van der Waals surface area contributed by atoms with Crippen LogP contribution in [0.2, 0.25) is 0 Å². The van der Waals surface area contributed by atoms with Crippen LogP contribution in [0.1, 0.15) is 18.1 Å². The molecule has 0 bridgehead atoms. The Bertz CT molecular complexity index is 276. The van der Waals surface area contributed by atoms with Crippen LogP contribution in [0.3, 0.4) is 0 Å². The molecule has 1 nitrogen and oxygen atoms in total. The second kappa shape index (κ2) is 4.83. The molecule has 1 unspecified atom stereocenters. The summed E-state index contributed by atoms with van der Waals surface area (Å²) >= 11 is 0. The van der Waals surface area contributed by atoms with E-state index in [1.807, 2.05) is 13.0 Å². The van der Waals surface area contributed by atoms with E-state index < -0.39 is 0 Å². The smallest absolute Gasteiger partial charge is 0.00510 e. The van der Waals surface area contributed by atoms with E-state index in [1.165, 1.54) is 11.1 Å². The maximum atomic E-state index is 5.76. The van der Waals surface area contributed by atoms with Crippen molar-refractivity contribution in [3.63, 3.8) is 0 Å². The lowest BCUT2D eigenvalue weighted by molar-refractivity contribution is 0.733. The van der Waals surface area contributed by atoms with E-state index >= 15 is 0 Å². The van der Waals surface area contributed by atoms with E-state index in [0.29, 0.717) is 0 Å². The van der Waals surface area contributed by atoms with Gasteiger partial charge in [0, 0.05) is 6.04 Å². The van der Waals surface area contributed by atoms with Gasteiger partial charge in [-0.25, -0.2) is 0 Å². The second-order valence-electron chi connectivity index (χ2n) is 3.44. The first-order valence-electron chi connectivity index (χ1n) is 4.67. The van der Waals surface area contributed by atoms with Gasteiger partial charge in [0.2, 0.25) is 0 Å². The highest BCUT2D eigenvalue weighted by Gasteiger charge is 2.02. The van der Waals surface area contributed by atoms with Gasteiger partial charge in [0.05, 0.1) is 0 Å². The first-order valence-corrected chi connectivity index (χ1v) is 4.67. The number of rotatable bonds is 4. The lowest BCUT2D eigenvalue weighted by Gasteiger charge is -2.09. The van der Waals surface area contributed by atoms with Gasteiger partial charge in [-0.15, -0.1) is 6.58 Å². The molecule has 0 radical (unpaired) electrons. The molecule has 0 saturated heterocycles. The fourth-order valence-electron chi connectivity index (χ4n) is 1.46. The topological polar surface area (TPSA) is 26.0 Å². The zero-order valence-electron chi connectivity index (χ0n) is 8.16. The average molecular weight is 175 g/mol. The first-order chi connectivity index (χ1) is 6.24. The SMILES string of the molecule is C=CCc1ccccc1CC(C)N. The third-order valence-electron chi connectivity index (χ3n) is 2.02. The van der Waals surface area contributed by atoms with Crippen LogP contribution in [0.25, 0.3) is 0 Å². The van der Waals surface area contributed by atoms with Crippen LogP contribution in [-0.2, 0) is 12.8 Å². The molecule has 0 aliphatic rings. The van der Waals surface area contributed by atoms with Crippen molar-refractivity contribution >= 4 is 0 Å². The highest BCUT2D eigenvalue weighted by atomic mass is 14.6. The van der Waals surface area contributed by atoms with Crippen LogP contribution in [0.15, 0.2) is 36.9 Å². The normalized spacial score (nSPS) is 12.5. The van der Waals surface area contributed by atoms with Crippen molar-refractivity contribution in [2.24, 2.45) is 5.73 Å². The fourth-order valence-corrected chi connectivity index (χ4v) is 1.46. The van der Waals surface area contributed by atoms with Gasteiger partial charge in [-0.2, -0.15) is 0 Å². The fraction of sp³-hybridized carbons (Fsp3) is 0.333. The van der Waals surface area contributed by atoms with Crippen LogP contribution >= 0.6 is 0 Å². The summed E-state index contributed by atoms with van der Waals surface area (Å²) in [7, 11) is 0. The van der Waals surface area contributed by atoms with Gasteiger partial charge in [0.15, 0.2) is 0 Å². The molecule has 0 aliphatic heterocycles. The van der Waals surface area contributed by atoms with Crippen LogP contribution in [0.5, 0.6) is 0 Å². The maximum absolute atomic E-state index is 5.76. The minimum Gasteiger partial charge on any atom is -0.328 e. The number of allylic oxidation sites excluding steroid dienone is 1. The summed E-state index contributed by atoms with van der Waals surface area (Å²) in [5.41, 5.74) is 8.45. The molecule has 1 aromatic carbocycles. The zero-order valence-corrected chi connectivity index (χ0v) is 8.16. The van der Waals surface area contributed by atoms with Gasteiger partial charge in [0.25, 0.3) is 0 Å². The van der Waals surface area contributed by atoms with Crippen LogP contribution in [-0.4, -0.2) is 6.04 Å². The lowest BCUT2D eigenvalue weighted by Crippen LogP contribution is -2.18. The molecule has 1 atom stereocenters. The molecule has 0 spiro atoms. The van der Waals surface area contributed by atoms with Gasteiger partial charge in [-0.05, 0) is 30.9 Å². The predicted octanol–water partition coefficient (Wildman–Crippen LogP) is 2.30. The minimum absolute atomic E-state index is 0.228. The molecule has 2 N–H and O–H groups in total. The summed E-state index contributed by atoms with van der Waals surface area (Å²) in [6.07, 6.45) is 3.81. The molecule has 1 heteroatoms. The minimum atomic E-state index is 0.228. The molecule has 0 amide bonds. The summed E-state index contributed by atoms with van der Waals surface area (Å²) in [4.78, 5) is 0. The van der Waals surface area contributed by atoms with Crippen molar-refractivity contribution in [3.8, 4) is 0 Å². The van der Waals surface area contributed by atoms with Gasteiger partial charge >= 0.3 is 0 Å². The molecule has 0 heterocycles. The highest BCUT2D eigenvalue weighted by Crippen LogP contribution is 2.11. The standard InChI is InChI=1S/C12H17N/c1-3-6-11-7-4-5-8-12(11)9-10(2)13/h3-5,7-8,10H,1,6,9,13H2,2H3. The average Bonchev–Trinajstić information content (AvgIpc) is 2.08. The Balaban J connectivity index is 2.83.